The molecule has 52 heavy (non-hydrogen) atoms. The number of nitrogens with two attached hydrogens (primary N) is 3. The summed E-state index contributed by atoms with van der Waals surface area (Å²) in [5.41, 5.74) is 18.1. The van der Waals surface area contributed by atoms with Gasteiger partial charge in [-0.3, -0.25) is 24.0 Å². The van der Waals surface area contributed by atoms with Gasteiger partial charge in [-0.1, -0.05) is 38.1 Å². The van der Waals surface area contributed by atoms with Crippen molar-refractivity contribution in [2.75, 3.05) is 13.1 Å². The second-order valence-corrected chi connectivity index (χ2v) is 14.0. The fraction of sp³-hybridized carbons (Fsp3) is 0.639. The molecule has 5 amide bonds. The van der Waals surface area contributed by atoms with Gasteiger partial charge in [0.2, 0.25) is 29.5 Å². The molecule has 0 saturated carbocycles. The Morgan fingerprint density at radius 3 is 1.98 bits per heavy atom. The Balaban J connectivity index is 1.89. The number of aromatic hydroxyl groups is 1. The number of rotatable bonds is 17. The molecule has 1 fully saturated rings. The maximum atomic E-state index is 14.0. The van der Waals surface area contributed by atoms with Crippen LogP contribution in [0, 0.1) is 5.92 Å². The number of hydrogen-bond acceptors (Lipinski definition) is 11. The molecule has 290 valence electrons. The molecule has 0 radical (unpaired) electrons. The predicted molar refractivity (Wildman–Crippen MR) is 194 cm³/mol. The molecule has 0 spiro atoms. The van der Waals surface area contributed by atoms with Crippen LogP contribution in [0.5, 0.6) is 5.75 Å². The number of nitrogens with one attached hydrogen (secondary N) is 5. The van der Waals surface area contributed by atoms with Gasteiger partial charge in [-0.2, -0.15) is 0 Å². The maximum Gasteiger partial charge on any atom is 0.243 e. The Morgan fingerprint density at radius 1 is 0.865 bits per heavy atom. The third-order valence-corrected chi connectivity index (χ3v) is 9.02. The van der Waals surface area contributed by atoms with Crippen LogP contribution in [-0.2, 0) is 35.1 Å². The molecule has 0 aliphatic carbocycles. The molecular weight excluding hydrogens is 672 g/mol. The topological polar surface area (TPSA) is 277 Å². The predicted octanol–water partition coefficient (Wildman–Crippen LogP) is -0.943. The molecule has 1 saturated heterocycles. The molecule has 2 unspecified atom stereocenters. The Kier molecular flexibility index (Phi) is 17.4. The third kappa shape index (κ3) is 14.1. The number of hydrogen-bond donors (Lipinski definition) is 10. The van der Waals surface area contributed by atoms with Crippen molar-refractivity contribution in [1.29, 1.82) is 0 Å². The van der Waals surface area contributed by atoms with E-state index in [1.54, 1.807) is 24.3 Å². The van der Waals surface area contributed by atoms with E-state index in [0.717, 1.165) is 0 Å². The number of carbonyl (C=O) groups is 5. The van der Waals surface area contributed by atoms with E-state index in [2.05, 4.69) is 26.6 Å². The van der Waals surface area contributed by atoms with Crippen molar-refractivity contribution in [3.63, 3.8) is 0 Å². The van der Waals surface area contributed by atoms with E-state index in [1.807, 2.05) is 13.8 Å². The van der Waals surface area contributed by atoms with Crippen molar-refractivity contribution in [2.24, 2.45) is 23.1 Å². The Hall–Kier alpha value is -4.09. The Bertz CT molecular complexity index is 1360. The molecule has 2 aliphatic heterocycles. The molecule has 2 aliphatic rings. The lowest BCUT2D eigenvalue weighted by molar-refractivity contribution is -0.135. The minimum atomic E-state index is -1.18. The first kappa shape index (κ1) is 42.3. The molecule has 3 rings (SSSR count). The van der Waals surface area contributed by atoms with Crippen molar-refractivity contribution in [2.45, 2.75) is 127 Å². The number of epoxide rings is 1. The smallest absolute Gasteiger partial charge is 0.243 e. The average Bonchev–Trinajstić information content (AvgIpc) is 3.84. The monoisotopic (exact) mass is 730 g/mol. The number of amides is 5. The van der Waals surface area contributed by atoms with Crippen molar-refractivity contribution in [1.82, 2.24) is 26.6 Å². The molecule has 2 heterocycles. The zero-order valence-corrected chi connectivity index (χ0v) is 30.2. The molecular formula is C36H58N8O8. The van der Waals surface area contributed by atoms with Gasteiger partial charge < -0.3 is 58.7 Å². The lowest BCUT2D eigenvalue weighted by Gasteiger charge is -2.28. The van der Waals surface area contributed by atoms with Gasteiger partial charge >= 0.3 is 0 Å². The van der Waals surface area contributed by atoms with Gasteiger partial charge in [0.15, 0.2) is 6.29 Å². The summed E-state index contributed by atoms with van der Waals surface area (Å²) in [6.07, 6.45) is 5.12. The molecule has 13 N–H and O–H groups in total. The fourth-order valence-corrected chi connectivity index (χ4v) is 5.99. The average molecular weight is 731 g/mol. The first-order valence-corrected chi connectivity index (χ1v) is 18.3. The highest BCUT2D eigenvalue weighted by Crippen LogP contribution is 2.26. The summed E-state index contributed by atoms with van der Waals surface area (Å²) >= 11 is 0. The minimum Gasteiger partial charge on any atom is -0.508 e. The van der Waals surface area contributed by atoms with Gasteiger partial charge in [0.05, 0.1) is 12.1 Å². The number of carbonyl (C=O) groups excluding carboxylic acids is 5. The lowest BCUT2D eigenvalue weighted by atomic mass is 9.99. The minimum absolute atomic E-state index is 0.0112. The van der Waals surface area contributed by atoms with Gasteiger partial charge in [0.1, 0.15) is 36.0 Å². The first-order valence-electron chi connectivity index (χ1n) is 18.3. The van der Waals surface area contributed by atoms with Gasteiger partial charge in [-0.05, 0) is 94.5 Å². The normalized spacial score (nSPS) is 25.9. The summed E-state index contributed by atoms with van der Waals surface area (Å²) in [7, 11) is 0. The highest BCUT2D eigenvalue weighted by molar-refractivity contribution is 5.96. The summed E-state index contributed by atoms with van der Waals surface area (Å²) in [6, 6.07) is 0.395. The fourth-order valence-electron chi connectivity index (χ4n) is 5.99. The summed E-state index contributed by atoms with van der Waals surface area (Å²) in [5.74, 6) is -2.70. The molecule has 8 atom stereocenters. The summed E-state index contributed by atoms with van der Waals surface area (Å²) in [6.45, 7) is 4.73. The van der Waals surface area contributed by atoms with Crippen molar-refractivity contribution < 1.29 is 38.9 Å². The Morgan fingerprint density at radius 2 is 1.42 bits per heavy atom. The van der Waals surface area contributed by atoms with E-state index in [-0.39, 0.29) is 43.8 Å². The Labute approximate surface area is 305 Å². The van der Waals surface area contributed by atoms with E-state index in [9.17, 15) is 34.2 Å². The van der Waals surface area contributed by atoms with E-state index >= 15 is 0 Å². The van der Waals surface area contributed by atoms with Crippen molar-refractivity contribution in [3.05, 3.63) is 42.0 Å². The standard InChI is InChI=1S/C36H58N8O8/c1-21(2)19-28(30-36(51)52-30)43-35(50)29(20-22-13-15-23(45)16-14-22)44-34(49)26-10-4-3-9-24(39)31(46)40-25(11-5-7-17-37)32(47)42-27(33(48)41-26)12-6-8-18-38/h3-4,13-16,21,24-30,36,45,51H,5-12,17-20,37-39H2,1-2H3,(H,40,46)(H,41,48)(H,42,47)(H,43,50)(H,44,49)/b4-3+/t24-,25-,26-,27-,28-,29-,30?,36?/m1/s1. The zero-order chi connectivity index (χ0) is 38.2. The van der Waals surface area contributed by atoms with Gasteiger partial charge in [-0.25, -0.2) is 0 Å². The van der Waals surface area contributed by atoms with Crippen LogP contribution in [0.2, 0.25) is 0 Å². The van der Waals surface area contributed by atoms with E-state index in [4.69, 9.17) is 21.9 Å². The second-order valence-electron chi connectivity index (χ2n) is 14.0. The molecule has 1 aromatic carbocycles. The van der Waals surface area contributed by atoms with Crippen LogP contribution in [0.1, 0.15) is 77.2 Å². The summed E-state index contributed by atoms with van der Waals surface area (Å²) < 4.78 is 5.26. The number of benzene rings is 1. The van der Waals surface area contributed by atoms with Crippen LogP contribution in [0.25, 0.3) is 0 Å². The molecule has 1 aromatic rings. The summed E-state index contributed by atoms with van der Waals surface area (Å²) in [4.78, 5) is 68.1. The van der Waals surface area contributed by atoms with Crippen molar-refractivity contribution >= 4 is 29.5 Å². The van der Waals surface area contributed by atoms with Crippen molar-refractivity contribution in [3.8, 4) is 5.75 Å². The summed E-state index contributed by atoms with van der Waals surface area (Å²) in [5, 5.41) is 33.7. The van der Waals surface area contributed by atoms with Gasteiger partial charge in [-0.15, -0.1) is 0 Å². The quantitative estimate of drug-likeness (QED) is 0.0531. The molecule has 0 bridgehead atoms. The van der Waals surface area contributed by atoms with Gasteiger partial charge in [0, 0.05) is 6.42 Å². The molecule has 16 nitrogen and oxygen atoms in total. The van der Waals surface area contributed by atoms with Crippen LogP contribution in [0.15, 0.2) is 36.4 Å². The lowest BCUT2D eigenvalue weighted by Crippen LogP contribution is -2.59. The highest BCUT2D eigenvalue weighted by Gasteiger charge is 2.45. The SMILES string of the molecule is CC(C)C[C@@H](NC(=O)[C@@H](Cc1ccc(O)cc1)NC(=O)[C@H]1C/C=C/C[C@@H](N)C(=O)N[C@H](CCCCN)C(=O)N[C@H](CCCCN)C(=O)N1)C1OC1O. The number of unbranched alkanes of at least 4 members (excludes halogenated alkanes) is 2. The van der Waals surface area contributed by atoms with E-state index in [1.165, 1.54) is 12.1 Å². The van der Waals surface area contributed by atoms with E-state index < -0.39 is 78.2 Å². The van der Waals surface area contributed by atoms with E-state index in [0.29, 0.717) is 50.8 Å². The third-order valence-electron chi connectivity index (χ3n) is 9.02. The second kappa shape index (κ2) is 21.4. The van der Waals surface area contributed by atoms with Gasteiger partial charge in [0.25, 0.3) is 0 Å². The number of aliphatic hydroxyl groups is 1. The van der Waals surface area contributed by atoms with Crippen LogP contribution >= 0.6 is 0 Å². The van der Waals surface area contributed by atoms with Crippen LogP contribution in [-0.4, -0.2) is 101 Å². The maximum absolute atomic E-state index is 14.0. The molecule has 0 aromatic heterocycles. The molecule has 16 heteroatoms. The highest BCUT2D eigenvalue weighted by atomic mass is 16.7. The van der Waals surface area contributed by atoms with Crippen LogP contribution < -0.4 is 43.8 Å². The van der Waals surface area contributed by atoms with Crippen LogP contribution in [0.3, 0.4) is 0 Å². The number of aliphatic hydroxyl groups excluding tert-OH is 1. The van der Waals surface area contributed by atoms with Crippen LogP contribution in [0.4, 0.5) is 0 Å². The number of ether oxygens (including phenoxy) is 1. The first-order chi connectivity index (χ1) is 24.8. The largest absolute Gasteiger partial charge is 0.508 e. The zero-order valence-electron chi connectivity index (χ0n) is 30.2. The number of phenolic OH excluding ortho intramolecular Hbond substituents is 1. The number of phenols is 1.